The van der Waals surface area contributed by atoms with E-state index in [1.807, 2.05) is 25.1 Å². The third-order valence-electron chi connectivity index (χ3n) is 3.01. The van der Waals surface area contributed by atoms with E-state index in [0.29, 0.717) is 6.42 Å². The van der Waals surface area contributed by atoms with E-state index in [1.165, 1.54) is 0 Å². The molecule has 0 aliphatic heterocycles. The molecule has 1 aromatic rings. The summed E-state index contributed by atoms with van der Waals surface area (Å²) in [5.74, 6) is 0.393. The number of amides is 1. The zero-order valence-electron chi connectivity index (χ0n) is 11.7. The van der Waals surface area contributed by atoms with Crippen molar-refractivity contribution in [3.8, 4) is 5.75 Å². The Balaban J connectivity index is 2.77. The first-order chi connectivity index (χ1) is 9.12. The zero-order valence-corrected chi connectivity index (χ0v) is 11.7. The molecule has 1 unspecified atom stereocenters. The number of methoxy groups -OCH3 is 1. The Bertz CT molecular complexity index is 421. The van der Waals surface area contributed by atoms with E-state index in [0.717, 1.165) is 29.8 Å². The van der Waals surface area contributed by atoms with Crippen LogP contribution < -0.4 is 15.5 Å². The summed E-state index contributed by atoms with van der Waals surface area (Å²) < 4.78 is 5.19. The van der Waals surface area contributed by atoms with E-state index in [9.17, 15) is 4.79 Å². The number of anilines is 1. The lowest BCUT2D eigenvalue weighted by atomic mass is 10.1. The molecule has 3 N–H and O–H groups in total. The van der Waals surface area contributed by atoms with Crippen LogP contribution in [0.5, 0.6) is 5.75 Å². The molecule has 0 aliphatic carbocycles. The number of benzene rings is 1. The molecular weight excluding hydrogens is 244 g/mol. The van der Waals surface area contributed by atoms with Gasteiger partial charge in [-0.1, -0.05) is 19.8 Å². The van der Waals surface area contributed by atoms with Crippen molar-refractivity contribution in [2.24, 2.45) is 0 Å². The zero-order chi connectivity index (χ0) is 14.3. The van der Waals surface area contributed by atoms with Gasteiger partial charge in [0.1, 0.15) is 11.8 Å². The van der Waals surface area contributed by atoms with Crippen LogP contribution in [-0.4, -0.2) is 24.3 Å². The number of hydrogen-bond acceptors (Lipinski definition) is 4. The third kappa shape index (κ3) is 4.44. The van der Waals surface area contributed by atoms with Gasteiger partial charge in [0.25, 0.3) is 5.91 Å². The molecule has 1 rings (SSSR count). The maximum absolute atomic E-state index is 11.6. The van der Waals surface area contributed by atoms with Gasteiger partial charge in [0.05, 0.1) is 7.11 Å². The van der Waals surface area contributed by atoms with Crippen LogP contribution in [0.1, 0.15) is 31.7 Å². The van der Waals surface area contributed by atoms with Crippen LogP contribution in [0.15, 0.2) is 18.2 Å². The summed E-state index contributed by atoms with van der Waals surface area (Å²) in [5.41, 5.74) is 3.53. The average molecular weight is 266 g/mol. The summed E-state index contributed by atoms with van der Waals surface area (Å²) in [6.07, 6.45) is 2.59. The molecule has 0 aliphatic rings. The Morgan fingerprint density at radius 2 is 2.21 bits per heavy atom. The van der Waals surface area contributed by atoms with E-state index in [2.05, 4.69) is 12.2 Å². The van der Waals surface area contributed by atoms with Gasteiger partial charge in [-0.15, -0.1) is 0 Å². The van der Waals surface area contributed by atoms with Crippen molar-refractivity contribution in [1.29, 1.82) is 0 Å². The minimum Gasteiger partial charge on any atom is -0.496 e. The smallest absolute Gasteiger partial charge is 0.265 e. The predicted molar refractivity (Wildman–Crippen MR) is 74.6 cm³/mol. The van der Waals surface area contributed by atoms with Crippen LogP contribution in [0.25, 0.3) is 0 Å². The number of carbonyl (C=O) groups is 1. The summed E-state index contributed by atoms with van der Waals surface area (Å²) in [7, 11) is 1.62. The molecule has 19 heavy (non-hydrogen) atoms. The Kier molecular flexibility index (Phi) is 6.15. The maximum Gasteiger partial charge on any atom is 0.265 e. The fourth-order valence-corrected chi connectivity index (χ4v) is 1.92. The molecule has 0 radical (unpaired) electrons. The van der Waals surface area contributed by atoms with Crippen LogP contribution >= 0.6 is 0 Å². The summed E-state index contributed by atoms with van der Waals surface area (Å²) in [4.78, 5) is 11.6. The number of unbranched alkanes of at least 4 members (excludes halogenated alkanes) is 1. The number of ether oxygens (including phenoxy) is 1. The van der Waals surface area contributed by atoms with E-state index in [4.69, 9.17) is 9.94 Å². The molecule has 0 aromatic heterocycles. The summed E-state index contributed by atoms with van der Waals surface area (Å²) in [6, 6.07) is 5.20. The molecule has 1 aromatic carbocycles. The summed E-state index contributed by atoms with van der Waals surface area (Å²) in [5, 5.41) is 11.9. The predicted octanol–water partition coefficient (Wildman–Crippen LogP) is 2.48. The molecule has 0 spiro atoms. The number of rotatable bonds is 7. The molecular formula is C14H22N2O3. The van der Waals surface area contributed by atoms with Gasteiger partial charge < -0.3 is 10.1 Å². The van der Waals surface area contributed by atoms with E-state index >= 15 is 0 Å². The van der Waals surface area contributed by atoms with Crippen molar-refractivity contribution in [2.45, 2.75) is 39.2 Å². The largest absolute Gasteiger partial charge is 0.496 e. The average Bonchev–Trinajstić information content (AvgIpc) is 2.42. The van der Waals surface area contributed by atoms with Gasteiger partial charge >= 0.3 is 0 Å². The molecule has 5 nitrogen and oxygen atoms in total. The van der Waals surface area contributed by atoms with Crippen LogP contribution in [0.4, 0.5) is 5.69 Å². The highest BCUT2D eigenvalue weighted by Crippen LogP contribution is 2.22. The number of aryl methyl sites for hydroxylation is 1. The van der Waals surface area contributed by atoms with E-state index < -0.39 is 11.9 Å². The molecule has 0 heterocycles. The minimum absolute atomic E-state index is 0.415. The third-order valence-corrected chi connectivity index (χ3v) is 3.01. The lowest BCUT2D eigenvalue weighted by molar-refractivity contribution is -0.130. The number of hydroxylamine groups is 1. The molecule has 0 saturated carbocycles. The van der Waals surface area contributed by atoms with Gasteiger partial charge in [-0.05, 0) is 37.1 Å². The number of hydrogen-bond donors (Lipinski definition) is 3. The lowest BCUT2D eigenvalue weighted by Gasteiger charge is -2.18. The van der Waals surface area contributed by atoms with Crippen molar-refractivity contribution in [3.05, 3.63) is 23.8 Å². The van der Waals surface area contributed by atoms with Crippen molar-refractivity contribution >= 4 is 11.6 Å². The monoisotopic (exact) mass is 266 g/mol. The Morgan fingerprint density at radius 3 is 2.74 bits per heavy atom. The fourth-order valence-electron chi connectivity index (χ4n) is 1.92. The van der Waals surface area contributed by atoms with Crippen molar-refractivity contribution in [3.63, 3.8) is 0 Å². The summed E-state index contributed by atoms with van der Waals surface area (Å²) >= 11 is 0. The van der Waals surface area contributed by atoms with E-state index in [-0.39, 0.29) is 0 Å². The normalized spacial score (nSPS) is 11.8. The van der Waals surface area contributed by atoms with Gasteiger partial charge in [-0.3, -0.25) is 10.0 Å². The molecule has 0 fully saturated rings. The van der Waals surface area contributed by atoms with Crippen LogP contribution in [0, 0.1) is 6.92 Å². The second-order valence-corrected chi connectivity index (χ2v) is 4.50. The van der Waals surface area contributed by atoms with Crippen LogP contribution in [0.2, 0.25) is 0 Å². The topological polar surface area (TPSA) is 70.6 Å². The van der Waals surface area contributed by atoms with Gasteiger partial charge in [0.15, 0.2) is 0 Å². The van der Waals surface area contributed by atoms with Gasteiger partial charge in [-0.2, -0.15) is 0 Å². The SMILES string of the molecule is CCCCC(Nc1ccc(OC)c(C)c1)C(=O)NO. The van der Waals surface area contributed by atoms with Crippen molar-refractivity contribution < 1.29 is 14.7 Å². The first-order valence-corrected chi connectivity index (χ1v) is 6.47. The molecule has 106 valence electrons. The van der Waals surface area contributed by atoms with Crippen LogP contribution in [0.3, 0.4) is 0 Å². The molecule has 0 saturated heterocycles. The standard InChI is InChI=1S/C14H22N2O3/c1-4-5-6-12(14(17)16-18)15-11-7-8-13(19-3)10(2)9-11/h7-9,12,15,18H,4-6H2,1-3H3,(H,16,17). The molecule has 1 amide bonds. The highest BCUT2D eigenvalue weighted by atomic mass is 16.5. The van der Waals surface area contributed by atoms with Gasteiger partial charge in [0.2, 0.25) is 0 Å². The number of nitrogens with one attached hydrogen (secondary N) is 2. The Labute approximate surface area is 113 Å². The molecule has 0 bridgehead atoms. The lowest BCUT2D eigenvalue weighted by Crippen LogP contribution is -2.38. The maximum atomic E-state index is 11.6. The quantitative estimate of drug-likeness (QED) is 0.524. The first kappa shape index (κ1) is 15.3. The number of carbonyl (C=O) groups excluding carboxylic acids is 1. The van der Waals surface area contributed by atoms with Crippen molar-refractivity contribution in [1.82, 2.24) is 5.48 Å². The summed E-state index contributed by atoms with van der Waals surface area (Å²) in [6.45, 7) is 4.00. The fraction of sp³-hybridized carbons (Fsp3) is 0.500. The van der Waals surface area contributed by atoms with Crippen molar-refractivity contribution in [2.75, 3.05) is 12.4 Å². The minimum atomic E-state index is -0.433. The highest BCUT2D eigenvalue weighted by Gasteiger charge is 2.17. The molecule has 5 heteroatoms. The van der Waals surface area contributed by atoms with Gasteiger partial charge in [-0.25, -0.2) is 5.48 Å². The Morgan fingerprint density at radius 1 is 1.47 bits per heavy atom. The highest BCUT2D eigenvalue weighted by molar-refractivity contribution is 5.83. The second kappa shape index (κ2) is 7.63. The van der Waals surface area contributed by atoms with E-state index in [1.54, 1.807) is 12.6 Å². The van der Waals surface area contributed by atoms with Crippen LogP contribution in [-0.2, 0) is 4.79 Å². The second-order valence-electron chi connectivity index (χ2n) is 4.50. The van der Waals surface area contributed by atoms with Gasteiger partial charge in [0, 0.05) is 5.69 Å². The Hall–Kier alpha value is -1.75. The first-order valence-electron chi connectivity index (χ1n) is 6.47. The molecule has 1 atom stereocenters.